The molecule has 0 aliphatic rings. The number of carboxylic acid groups (broad SMARTS) is 2. The van der Waals surface area contributed by atoms with Crippen LogP contribution in [-0.2, 0) is 14.4 Å². The fourth-order valence-corrected chi connectivity index (χ4v) is 3.45. The van der Waals surface area contributed by atoms with Gasteiger partial charge in [0, 0.05) is 35.7 Å². The smallest absolute Gasteiger partial charge is 0.341 e. The number of amides is 1. The summed E-state index contributed by atoms with van der Waals surface area (Å²) in [6.07, 6.45) is -0.210. The van der Waals surface area contributed by atoms with Gasteiger partial charge in [-0.25, -0.2) is 4.79 Å². The second kappa shape index (κ2) is 11.1. The molecule has 15 heteroatoms. The van der Waals surface area contributed by atoms with E-state index in [1.807, 2.05) is 0 Å². The van der Waals surface area contributed by atoms with E-state index in [2.05, 4.69) is 19.9 Å². The van der Waals surface area contributed by atoms with Gasteiger partial charge in [-0.1, -0.05) is 0 Å². The summed E-state index contributed by atoms with van der Waals surface area (Å²) >= 11 is 0.971. The van der Waals surface area contributed by atoms with E-state index >= 15 is 0 Å². The van der Waals surface area contributed by atoms with Crippen molar-refractivity contribution in [2.24, 2.45) is 16.0 Å². The first kappa shape index (κ1) is 25.1. The van der Waals surface area contributed by atoms with Gasteiger partial charge in [-0.05, 0) is 36.2 Å². The lowest BCUT2D eigenvalue weighted by Crippen LogP contribution is -2.31. The number of hydrogen-bond acceptors (Lipinski definition) is 11. The lowest BCUT2D eigenvalue weighted by atomic mass is 10.1. The number of ether oxygens (including phenoxy) is 1. The molecule has 2 aromatic carbocycles. The maximum Gasteiger partial charge on any atom is 0.341 e. The Hall–Kier alpha value is -4.50. The number of nitrogens with two attached hydrogens (primary N) is 1. The molecule has 1 heterocycles. The van der Waals surface area contributed by atoms with Crippen molar-refractivity contribution in [3.63, 3.8) is 0 Å². The Labute approximate surface area is 200 Å². The van der Waals surface area contributed by atoms with Gasteiger partial charge in [0.25, 0.3) is 5.69 Å². The predicted octanol–water partition coefficient (Wildman–Crippen LogP) is 3.21. The van der Waals surface area contributed by atoms with Gasteiger partial charge in [-0.2, -0.15) is 4.37 Å². The largest absolute Gasteiger partial charge is 0.480 e. The average molecular weight is 502 g/mol. The van der Waals surface area contributed by atoms with Crippen LogP contribution < -0.4 is 15.8 Å². The number of nitrogens with one attached hydrogen (secondary N) is 1. The van der Waals surface area contributed by atoms with Crippen LogP contribution in [0.1, 0.15) is 12.8 Å². The molecule has 0 fully saturated rings. The van der Waals surface area contributed by atoms with Gasteiger partial charge in [-0.3, -0.25) is 19.7 Å². The Bertz CT molecular complexity index is 1320. The summed E-state index contributed by atoms with van der Waals surface area (Å²) in [6, 6.07) is 7.22. The first-order valence-corrected chi connectivity index (χ1v) is 10.6. The third-order valence-electron chi connectivity index (χ3n) is 4.50. The van der Waals surface area contributed by atoms with Crippen molar-refractivity contribution in [3.8, 4) is 5.75 Å². The third kappa shape index (κ3) is 6.75. The van der Waals surface area contributed by atoms with E-state index in [9.17, 15) is 24.5 Å². The van der Waals surface area contributed by atoms with Gasteiger partial charge < -0.3 is 26.0 Å². The number of benzene rings is 2. The topological polar surface area (TPSA) is 220 Å². The van der Waals surface area contributed by atoms with Crippen molar-refractivity contribution >= 4 is 62.3 Å². The number of rotatable bonds is 11. The van der Waals surface area contributed by atoms with Gasteiger partial charge in [0.05, 0.1) is 10.4 Å². The van der Waals surface area contributed by atoms with Gasteiger partial charge in [0.15, 0.2) is 11.6 Å². The number of anilines is 1. The molecule has 182 valence electrons. The summed E-state index contributed by atoms with van der Waals surface area (Å²) in [6.45, 7) is -0.680. The molecule has 1 amide bonds. The van der Waals surface area contributed by atoms with Crippen LogP contribution in [0.15, 0.2) is 46.6 Å². The molecule has 0 aliphatic carbocycles. The molecular weight excluding hydrogens is 484 g/mol. The van der Waals surface area contributed by atoms with Crippen LogP contribution in [-0.4, -0.2) is 50.0 Å². The zero-order valence-electron chi connectivity index (χ0n) is 17.8. The lowest BCUT2D eigenvalue weighted by molar-refractivity contribution is -0.384. The van der Waals surface area contributed by atoms with Crippen LogP contribution in [0, 0.1) is 10.1 Å². The number of nitro groups is 1. The molecule has 0 bridgehead atoms. The van der Waals surface area contributed by atoms with Crippen molar-refractivity contribution in [1.29, 1.82) is 0 Å². The number of nitrogens with zero attached hydrogens (tertiary/aromatic N) is 4. The molecule has 0 saturated heterocycles. The molecule has 5 N–H and O–H groups in total. The average Bonchev–Trinajstić information content (AvgIpc) is 3.22. The zero-order valence-corrected chi connectivity index (χ0v) is 18.6. The van der Waals surface area contributed by atoms with Crippen LogP contribution in [0.4, 0.5) is 22.1 Å². The standard InChI is InChI=1S/C20H18N6O8S/c21-13(20(30)31)4-6-17(27)22-10-1-5-14(16(7-10)34-9-18(28)29)23-24-19-12-3-2-11(26(32)33)8-15(12)25-35-19/h1-3,5,7-8,13H,4,6,9,21H2,(H,22,27)(H,28,29)(H,30,31)/b24-23+. The fraction of sp³-hybridized carbons (Fsp3) is 0.200. The van der Waals surface area contributed by atoms with Crippen molar-refractivity contribution in [2.75, 3.05) is 11.9 Å². The maximum absolute atomic E-state index is 12.1. The molecule has 1 aromatic heterocycles. The van der Waals surface area contributed by atoms with Crippen LogP contribution in [0.3, 0.4) is 0 Å². The Kier molecular flexibility index (Phi) is 7.96. The Balaban J connectivity index is 1.80. The van der Waals surface area contributed by atoms with Gasteiger partial charge in [0.1, 0.15) is 17.5 Å². The number of aliphatic carboxylic acids is 2. The van der Waals surface area contributed by atoms with Crippen LogP contribution in [0.2, 0.25) is 0 Å². The van der Waals surface area contributed by atoms with Crippen molar-refractivity contribution < 1.29 is 34.3 Å². The summed E-state index contributed by atoms with van der Waals surface area (Å²) < 4.78 is 9.39. The molecule has 14 nitrogen and oxygen atoms in total. The number of azo groups is 1. The van der Waals surface area contributed by atoms with Gasteiger partial charge >= 0.3 is 11.9 Å². The molecule has 3 aromatic rings. The molecular formula is C20H18N6O8S. The molecule has 0 saturated carbocycles. The fourth-order valence-electron chi connectivity index (χ4n) is 2.77. The summed E-state index contributed by atoms with van der Waals surface area (Å²) in [4.78, 5) is 44.2. The van der Waals surface area contributed by atoms with E-state index in [4.69, 9.17) is 20.7 Å². The summed E-state index contributed by atoms with van der Waals surface area (Å²) in [7, 11) is 0. The number of carbonyl (C=O) groups excluding carboxylic acids is 1. The number of aromatic nitrogens is 1. The highest BCUT2D eigenvalue weighted by Crippen LogP contribution is 2.36. The first-order chi connectivity index (χ1) is 16.6. The minimum atomic E-state index is -1.24. The quantitative estimate of drug-likeness (QED) is 0.170. The molecule has 1 atom stereocenters. The Morgan fingerprint density at radius 3 is 2.66 bits per heavy atom. The highest BCUT2D eigenvalue weighted by molar-refractivity contribution is 7.11. The second-order valence-electron chi connectivity index (χ2n) is 7.04. The minimum Gasteiger partial charge on any atom is -0.480 e. The summed E-state index contributed by atoms with van der Waals surface area (Å²) in [5, 5.41) is 40.3. The lowest BCUT2D eigenvalue weighted by Gasteiger charge is -2.11. The normalized spacial score (nSPS) is 11.9. The van der Waals surface area contributed by atoms with Crippen molar-refractivity contribution in [3.05, 3.63) is 46.5 Å². The Morgan fingerprint density at radius 2 is 1.97 bits per heavy atom. The number of hydrogen-bond donors (Lipinski definition) is 4. The van der Waals surface area contributed by atoms with Gasteiger partial charge in [0.2, 0.25) is 5.91 Å². The molecule has 0 aliphatic heterocycles. The van der Waals surface area contributed by atoms with E-state index < -0.39 is 35.4 Å². The highest BCUT2D eigenvalue weighted by Gasteiger charge is 2.15. The number of nitro benzene ring substituents is 1. The number of carboxylic acids is 2. The SMILES string of the molecule is NC(CCC(=O)Nc1ccc(/N=N/c2snc3cc([N+](=O)[O-])ccc23)c(OCC(=O)O)c1)C(=O)O. The molecule has 3 rings (SSSR count). The second-order valence-corrected chi connectivity index (χ2v) is 7.79. The molecule has 35 heavy (non-hydrogen) atoms. The number of non-ortho nitro benzene ring substituents is 1. The van der Waals surface area contributed by atoms with E-state index in [1.165, 1.54) is 36.4 Å². The maximum atomic E-state index is 12.1. The van der Waals surface area contributed by atoms with Crippen molar-refractivity contribution in [2.45, 2.75) is 18.9 Å². The van der Waals surface area contributed by atoms with E-state index in [1.54, 1.807) is 0 Å². The van der Waals surface area contributed by atoms with E-state index in [-0.39, 0.29) is 35.7 Å². The summed E-state index contributed by atoms with van der Waals surface area (Å²) in [5.74, 6) is -2.94. The number of carbonyl (C=O) groups is 3. The zero-order chi connectivity index (χ0) is 25.5. The third-order valence-corrected chi connectivity index (χ3v) is 5.26. The van der Waals surface area contributed by atoms with Crippen molar-refractivity contribution in [1.82, 2.24) is 4.37 Å². The first-order valence-electron chi connectivity index (χ1n) is 9.86. The molecule has 0 spiro atoms. The Morgan fingerprint density at radius 1 is 1.20 bits per heavy atom. The van der Waals surface area contributed by atoms with Crippen LogP contribution in [0.5, 0.6) is 5.75 Å². The highest BCUT2D eigenvalue weighted by atomic mass is 32.1. The summed E-state index contributed by atoms with van der Waals surface area (Å²) in [5.41, 5.74) is 6.06. The van der Waals surface area contributed by atoms with Crippen LogP contribution >= 0.6 is 11.5 Å². The van der Waals surface area contributed by atoms with Crippen LogP contribution in [0.25, 0.3) is 10.9 Å². The predicted molar refractivity (Wildman–Crippen MR) is 123 cm³/mol. The monoisotopic (exact) mass is 502 g/mol. The minimum absolute atomic E-state index is 0.0145. The number of fused-ring (bicyclic) bond motifs is 1. The molecule has 0 radical (unpaired) electrons. The van der Waals surface area contributed by atoms with E-state index in [0.29, 0.717) is 15.9 Å². The molecule has 1 unspecified atom stereocenters. The van der Waals surface area contributed by atoms with Gasteiger partial charge in [-0.15, -0.1) is 10.2 Å². The van der Waals surface area contributed by atoms with E-state index in [0.717, 1.165) is 11.5 Å².